The minimum Gasteiger partial charge on any atom is -0.268 e. The summed E-state index contributed by atoms with van der Waals surface area (Å²) < 4.78 is 7.30. The maximum Gasteiger partial charge on any atom is 0.203 e. The lowest BCUT2D eigenvalue weighted by Crippen LogP contribution is -2.00. The fourth-order valence-electron chi connectivity index (χ4n) is 2.50. The number of aromatic nitrogens is 6. The predicted molar refractivity (Wildman–Crippen MR) is 107 cm³/mol. The second kappa shape index (κ2) is 7.58. The molecule has 0 saturated heterocycles. The Morgan fingerprint density at radius 2 is 1.85 bits per heavy atom. The Kier molecular flexibility index (Phi) is 5.00. The van der Waals surface area contributed by atoms with Crippen LogP contribution < -0.4 is 0 Å². The van der Waals surface area contributed by atoms with E-state index in [9.17, 15) is 0 Å². The van der Waals surface area contributed by atoms with Crippen molar-refractivity contribution in [3.8, 4) is 17.2 Å². The van der Waals surface area contributed by atoms with Crippen LogP contribution in [0.2, 0.25) is 0 Å². The van der Waals surface area contributed by atoms with Crippen molar-refractivity contribution in [1.29, 1.82) is 0 Å². The third kappa shape index (κ3) is 3.77. The lowest BCUT2D eigenvalue weighted by molar-refractivity contribution is 0.788. The van der Waals surface area contributed by atoms with E-state index < -0.39 is 0 Å². The third-order valence-electron chi connectivity index (χ3n) is 3.94. The van der Waals surface area contributed by atoms with E-state index in [1.165, 1.54) is 28.9 Å². The highest BCUT2D eigenvalue weighted by Crippen LogP contribution is 2.33. The van der Waals surface area contributed by atoms with Crippen LogP contribution in [0.3, 0.4) is 0 Å². The fraction of sp³-hybridized carbons (Fsp3) is 0.211. The number of pyridine rings is 1. The van der Waals surface area contributed by atoms with Crippen molar-refractivity contribution in [2.24, 2.45) is 0 Å². The minimum absolute atomic E-state index is 0.301. The molecule has 0 unspecified atom stereocenters. The van der Waals surface area contributed by atoms with E-state index in [2.05, 4.69) is 69.6 Å². The summed E-state index contributed by atoms with van der Waals surface area (Å²) in [5, 5.41) is 9.57. The Morgan fingerprint density at radius 1 is 1.04 bits per heavy atom. The van der Waals surface area contributed by atoms with Crippen LogP contribution in [-0.4, -0.2) is 29.1 Å². The molecule has 0 amide bonds. The van der Waals surface area contributed by atoms with Crippen LogP contribution in [0.15, 0.2) is 58.2 Å². The highest BCUT2D eigenvalue weighted by atomic mass is 32.2. The molecule has 0 atom stereocenters. The summed E-state index contributed by atoms with van der Waals surface area (Å²) in [6, 6.07) is 14.1. The topological polar surface area (TPSA) is 69.4 Å². The van der Waals surface area contributed by atoms with Crippen molar-refractivity contribution in [3.05, 3.63) is 60.0 Å². The van der Waals surface area contributed by atoms with Crippen LogP contribution in [0.25, 0.3) is 17.2 Å². The van der Waals surface area contributed by atoms with E-state index in [1.807, 2.05) is 22.8 Å². The molecule has 4 rings (SSSR count). The third-order valence-corrected chi connectivity index (χ3v) is 5.65. The SMILES string of the molecule is Cc1ccc(-n2c(Sc3nc(C(C)C)ns3)nnc2-c2ccccn2)cc1. The molecule has 3 heterocycles. The van der Waals surface area contributed by atoms with Crippen molar-refractivity contribution >= 4 is 23.3 Å². The normalized spacial score (nSPS) is 11.3. The lowest BCUT2D eigenvalue weighted by Gasteiger charge is -2.09. The molecule has 0 radical (unpaired) electrons. The molecule has 0 fully saturated rings. The molecule has 0 bridgehead atoms. The Labute approximate surface area is 165 Å². The van der Waals surface area contributed by atoms with Gasteiger partial charge in [-0.3, -0.25) is 9.55 Å². The largest absolute Gasteiger partial charge is 0.268 e. The summed E-state index contributed by atoms with van der Waals surface area (Å²) in [7, 11) is 0. The zero-order valence-corrected chi connectivity index (χ0v) is 16.8. The van der Waals surface area contributed by atoms with Crippen LogP contribution in [-0.2, 0) is 0 Å². The van der Waals surface area contributed by atoms with E-state index in [-0.39, 0.29) is 0 Å². The van der Waals surface area contributed by atoms with Gasteiger partial charge in [-0.2, -0.15) is 4.37 Å². The predicted octanol–water partition coefficient (Wildman–Crippen LogP) is 4.76. The molecule has 0 spiro atoms. The van der Waals surface area contributed by atoms with Gasteiger partial charge < -0.3 is 0 Å². The van der Waals surface area contributed by atoms with Gasteiger partial charge in [0.2, 0.25) is 5.16 Å². The van der Waals surface area contributed by atoms with Crippen molar-refractivity contribution < 1.29 is 0 Å². The highest BCUT2D eigenvalue weighted by Gasteiger charge is 2.19. The van der Waals surface area contributed by atoms with Crippen LogP contribution in [0.1, 0.15) is 31.2 Å². The van der Waals surface area contributed by atoms with Crippen molar-refractivity contribution in [1.82, 2.24) is 29.1 Å². The molecule has 8 heteroatoms. The van der Waals surface area contributed by atoms with Crippen molar-refractivity contribution in [2.75, 3.05) is 0 Å². The summed E-state index contributed by atoms with van der Waals surface area (Å²) in [6.07, 6.45) is 1.76. The highest BCUT2D eigenvalue weighted by molar-refractivity contribution is 8.00. The number of benzene rings is 1. The van der Waals surface area contributed by atoms with Gasteiger partial charge in [-0.1, -0.05) is 37.6 Å². The van der Waals surface area contributed by atoms with E-state index >= 15 is 0 Å². The maximum atomic E-state index is 4.61. The molecule has 0 N–H and O–H groups in total. The first kappa shape index (κ1) is 17.8. The van der Waals surface area contributed by atoms with Gasteiger partial charge in [0.1, 0.15) is 11.5 Å². The van der Waals surface area contributed by atoms with E-state index in [0.29, 0.717) is 11.7 Å². The Balaban J connectivity index is 1.79. The van der Waals surface area contributed by atoms with Crippen molar-refractivity contribution in [2.45, 2.75) is 36.2 Å². The summed E-state index contributed by atoms with van der Waals surface area (Å²) in [5.41, 5.74) is 2.96. The molecule has 1 aromatic carbocycles. The fourth-order valence-corrected chi connectivity index (χ4v) is 4.20. The van der Waals surface area contributed by atoms with Gasteiger partial charge >= 0.3 is 0 Å². The van der Waals surface area contributed by atoms with Gasteiger partial charge in [-0.25, -0.2) is 4.98 Å². The van der Waals surface area contributed by atoms with Crippen LogP contribution in [0.5, 0.6) is 0 Å². The van der Waals surface area contributed by atoms with E-state index in [1.54, 1.807) is 6.20 Å². The minimum atomic E-state index is 0.301. The summed E-state index contributed by atoms with van der Waals surface area (Å²) in [4.78, 5) is 9.05. The monoisotopic (exact) mass is 394 g/mol. The molecule has 0 aliphatic rings. The zero-order valence-electron chi connectivity index (χ0n) is 15.2. The second-order valence-corrected chi connectivity index (χ2v) is 8.33. The summed E-state index contributed by atoms with van der Waals surface area (Å²) >= 11 is 2.86. The molecule has 3 aromatic heterocycles. The molecule has 27 heavy (non-hydrogen) atoms. The van der Waals surface area contributed by atoms with E-state index in [0.717, 1.165) is 26.7 Å². The average molecular weight is 395 g/mol. The van der Waals surface area contributed by atoms with E-state index in [4.69, 9.17) is 0 Å². The maximum absolute atomic E-state index is 4.61. The lowest BCUT2D eigenvalue weighted by atomic mass is 10.2. The van der Waals surface area contributed by atoms with Crippen LogP contribution in [0, 0.1) is 6.92 Å². The standard InChI is InChI=1S/C19H18N6S2/c1-12(2)16-21-19(27-24-16)26-18-23-22-17(15-6-4-5-11-20-15)25(18)14-9-7-13(3)8-10-14/h4-12H,1-3H3. The van der Waals surface area contributed by atoms with Gasteiger partial charge in [0.15, 0.2) is 10.2 Å². The molecule has 6 nitrogen and oxygen atoms in total. The first-order valence-electron chi connectivity index (χ1n) is 8.57. The molecule has 0 aliphatic heterocycles. The first-order chi connectivity index (χ1) is 13.1. The average Bonchev–Trinajstić information content (AvgIpc) is 3.31. The number of hydrogen-bond acceptors (Lipinski definition) is 7. The first-order valence-corrected chi connectivity index (χ1v) is 10.2. The Bertz CT molecular complexity index is 1040. The number of nitrogens with zero attached hydrogens (tertiary/aromatic N) is 6. The van der Waals surface area contributed by atoms with Gasteiger partial charge in [-0.15, -0.1) is 10.2 Å². The van der Waals surface area contributed by atoms with Gasteiger partial charge in [0, 0.05) is 17.8 Å². The number of aryl methyl sites for hydroxylation is 1. The summed E-state index contributed by atoms with van der Waals surface area (Å²) in [5.74, 6) is 1.86. The smallest absolute Gasteiger partial charge is 0.203 e. The molecule has 4 aromatic rings. The van der Waals surface area contributed by atoms with Gasteiger partial charge in [0.25, 0.3) is 0 Å². The number of rotatable bonds is 5. The molecule has 0 saturated carbocycles. The Hall–Kier alpha value is -2.58. The quantitative estimate of drug-likeness (QED) is 0.486. The molecular weight excluding hydrogens is 376 g/mol. The second-order valence-electron chi connectivity index (χ2n) is 6.37. The van der Waals surface area contributed by atoms with Gasteiger partial charge in [-0.05, 0) is 54.5 Å². The molecule has 136 valence electrons. The Morgan fingerprint density at radius 3 is 2.52 bits per heavy atom. The van der Waals surface area contributed by atoms with Gasteiger partial charge in [0.05, 0.1) is 0 Å². The van der Waals surface area contributed by atoms with Crippen LogP contribution in [0.4, 0.5) is 0 Å². The van der Waals surface area contributed by atoms with Crippen molar-refractivity contribution in [3.63, 3.8) is 0 Å². The molecular formula is C19H18N6S2. The zero-order chi connectivity index (χ0) is 18.8. The van der Waals surface area contributed by atoms with Crippen LogP contribution >= 0.6 is 23.3 Å². The summed E-state index contributed by atoms with van der Waals surface area (Å²) in [6.45, 7) is 6.24. The molecule has 0 aliphatic carbocycles. The number of hydrogen-bond donors (Lipinski definition) is 0.